The van der Waals surface area contributed by atoms with Crippen molar-refractivity contribution in [3.05, 3.63) is 59.7 Å². The average Bonchev–Trinajstić information content (AvgIpc) is 3.50. The van der Waals surface area contributed by atoms with Crippen molar-refractivity contribution >= 4 is 28.8 Å². The van der Waals surface area contributed by atoms with Gasteiger partial charge in [-0.25, -0.2) is 9.31 Å². The Morgan fingerprint density at radius 1 is 1.12 bits per heavy atom. The highest BCUT2D eigenvalue weighted by Crippen LogP contribution is 2.40. The molecule has 0 saturated carbocycles. The minimum Gasteiger partial charge on any atom is -0.380 e. The summed E-state index contributed by atoms with van der Waals surface area (Å²) in [5.74, 6) is 0.713. The van der Waals surface area contributed by atoms with Crippen molar-refractivity contribution < 1.29 is 18.8 Å². The van der Waals surface area contributed by atoms with Gasteiger partial charge in [-0.1, -0.05) is 17.3 Å². The lowest BCUT2D eigenvalue weighted by atomic mass is 9.78. The van der Waals surface area contributed by atoms with Crippen LogP contribution in [0.4, 0.5) is 16.2 Å². The smallest absolute Gasteiger partial charge is 0.319 e. The molecule has 1 N–H and O–H groups in total. The molecule has 1 spiro atoms. The van der Waals surface area contributed by atoms with Gasteiger partial charge in [0.1, 0.15) is 0 Å². The molecule has 12 nitrogen and oxygen atoms in total. The van der Waals surface area contributed by atoms with Gasteiger partial charge in [0.2, 0.25) is 11.7 Å². The molecule has 3 fully saturated rings. The number of rotatable bonds is 5. The molecule has 0 atom stereocenters. The van der Waals surface area contributed by atoms with E-state index in [9.17, 15) is 9.59 Å². The van der Waals surface area contributed by atoms with E-state index in [1.165, 1.54) is 0 Å². The van der Waals surface area contributed by atoms with Crippen molar-refractivity contribution in [2.24, 2.45) is 5.41 Å². The summed E-state index contributed by atoms with van der Waals surface area (Å²) >= 11 is 0. The number of urea groups is 1. The van der Waals surface area contributed by atoms with Gasteiger partial charge >= 0.3 is 6.03 Å². The van der Waals surface area contributed by atoms with Gasteiger partial charge in [0.25, 0.3) is 5.91 Å². The van der Waals surface area contributed by atoms with E-state index in [2.05, 4.69) is 25.5 Å². The number of benzene rings is 1. The summed E-state index contributed by atoms with van der Waals surface area (Å²) in [5.41, 5.74) is 4.92. The van der Waals surface area contributed by atoms with Gasteiger partial charge in [0.15, 0.2) is 0 Å². The van der Waals surface area contributed by atoms with Crippen LogP contribution < -0.4 is 10.2 Å². The first kappa shape index (κ1) is 24.6. The predicted molar refractivity (Wildman–Crippen MR) is 146 cm³/mol. The molecular weight excluding hydrogens is 512 g/mol. The standard InChI is InChI=1S/C28H30N8O4/c1-17-4-5-18(24-31-26(40-32-24)19-11-34(12-19)27(38)33(2)3)8-22(17)30-25(37)21-10-29-36-7-6-20(9-23(21)36)35-13-28(14-35)15-39-16-28/h4-10,19H,11-16H2,1-3H3,(H,30,37). The van der Waals surface area contributed by atoms with Gasteiger partial charge in [0.05, 0.1) is 41.8 Å². The SMILES string of the molecule is Cc1ccc(-c2noc(C3CN(C(=O)N(C)C)C3)n2)cc1NC(=O)c1cnn2ccc(N3CC4(COC4)C3)cc12. The molecule has 0 bridgehead atoms. The Morgan fingerprint density at radius 2 is 1.93 bits per heavy atom. The highest BCUT2D eigenvalue weighted by molar-refractivity contribution is 6.09. The second-order valence-electron chi connectivity index (χ2n) is 11.3. The molecule has 1 aromatic carbocycles. The van der Waals surface area contributed by atoms with Gasteiger partial charge in [-0.15, -0.1) is 0 Å². The van der Waals surface area contributed by atoms with Crippen LogP contribution in [0.2, 0.25) is 0 Å². The van der Waals surface area contributed by atoms with Crippen molar-refractivity contribution in [3.63, 3.8) is 0 Å². The number of ether oxygens (including phenoxy) is 1. The van der Waals surface area contributed by atoms with Crippen molar-refractivity contribution in [3.8, 4) is 11.4 Å². The summed E-state index contributed by atoms with van der Waals surface area (Å²) in [6.45, 7) is 6.61. The maximum Gasteiger partial charge on any atom is 0.319 e. The molecule has 4 aromatic rings. The lowest BCUT2D eigenvalue weighted by molar-refractivity contribution is -0.127. The lowest BCUT2D eigenvalue weighted by Gasteiger charge is -2.56. The zero-order valence-electron chi connectivity index (χ0n) is 22.6. The number of fused-ring (bicyclic) bond motifs is 1. The fourth-order valence-corrected chi connectivity index (χ4v) is 5.54. The van der Waals surface area contributed by atoms with Crippen LogP contribution in [0.15, 0.2) is 47.2 Å². The Balaban J connectivity index is 1.07. The molecule has 0 aliphatic carbocycles. The molecule has 206 valence electrons. The minimum atomic E-state index is -0.242. The summed E-state index contributed by atoms with van der Waals surface area (Å²) in [4.78, 5) is 35.7. The largest absolute Gasteiger partial charge is 0.380 e. The molecule has 7 rings (SSSR count). The maximum atomic E-state index is 13.4. The molecule has 0 radical (unpaired) electrons. The molecule has 40 heavy (non-hydrogen) atoms. The van der Waals surface area contributed by atoms with E-state index in [1.807, 2.05) is 43.5 Å². The number of hydrogen-bond donors (Lipinski definition) is 1. The van der Waals surface area contributed by atoms with Gasteiger partial charge in [-0.05, 0) is 30.7 Å². The van der Waals surface area contributed by atoms with Gasteiger partial charge in [-0.3, -0.25) is 4.79 Å². The average molecular weight is 543 g/mol. The summed E-state index contributed by atoms with van der Waals surface area (Å²) in [6, 6.07) is 9.68. The second kappa shape index (κ2) is 9.05. The number of likely N-dealkylation sites (tertiary alicyclic amines) is 1. The number of anilines is 2. The van der Waals surface area contributed by atoms with Crippen LogP contribution in [0.25, 0.3) is 16.9 Å². The number of nitrogens with zero attached hydrogens (tertiary/aromatic N) is 7. The summed E-state index contributed by atoms with van der Waals surface area (Å²) in [5, 5.41) is 11.6. The Bertz CT molecular complexity index is 1620. The molecule has 3 aliphatic rings. The van der Waals surface area contributed by atoms with Crippen LogP contribution in [-0.4, -0.2) is 95.0 Å². The number of pyridine rings is 1. The quantitative estimate of drug-likeness (QED) is 0.409. The Morgan fingerprint density at radius 3 is 2.65 bits per heavy atom. The molecule has 3 aromatic heterocycles. The first-order chi connectivity index (χ1) is 19.3. The third-order valence-corrected chi connectivity index (χ3v) is 8.05. The maximum absolute atomic E-state index is 13.4. The van der Waals surface area contributed by atoms with Gasteiger partial charge in [0, 0.05) is 63.4 Å². The van der Waals surface area contributed by atoms with Gasteiger partial charge in [-0.2, -0.15) is 10.1 Å². The van der Waals surface area contributed by atoms with Crippen LogP contribution in [-0.2, 0) is 4.74 Å². The molecule has 12 heteroatoms. The van der Waals surface area contributed by atoms with Crippen LogP contribution in [0.5, 0.6) is 0 Å². The topological polar surface area (TPSA) is 121 Å². The van der Waals surface area contributed by atoms with E-state index >= 15 is 0 Å². The molecule has 3 aliphatic heterocycles. The third kappa shape index (κ3) is 4.06. The normalized spacial score (nSPS) is 17.9. The molecule has 3 amide bonds. The zero-order chi connectivity index (χ0) is 27.6. The number of carbonyl (C=O) groups is 2. The molecule has 6 heterocycles. The Hall–Kier alpha value is -4.45. The molecular formula is C28H30N8O4. The van der Waals surface area contributed by atoms with E-state index in [0.717, 1.165) is 48.6 Å². The number of aromatic nitrogens is 4. The van der Waals surface area contributed by atoms with Crippen LogP contribution in [0, 0.1) is 12.3 Å². The second-order valence-corrected chi connectivity index (χ2v) is 11.3. The zero-order valence-corrected chi connectivity index (χ0v) is 22.6. The van der Waals surface area contributed by atoms with Gasteiger partial charge < -0.3 is 29.3 Å². The monoisotopic (exact) mass is 542 g/mol. The molecule has 0 unspecified atom stereocenters. The van der Waals surface area contributed by atoms with Crippen molar-refractivity contribution in [1.29, 1.82) is 0 Å². The number of nitrogens with one attached hydrogen (secondary N) is 1. The summed E-state index contributed by atoms with van der Waals surface area (Å²) in [6.07, 6.45) is 3.49. The fraction of sp³-hybridized carbons (Fsp3) is 0.393. The predicted octanol–water partition coefficient (Wildman–Crippen LogP) is 2.86. The van der Waals surface area contributed by atoms with Crippen molar-refractivity contribution in [2.75, 3.05) is 63.7 Å². The third-order valence-electron chi connectivity index (χ3n) is 8.05. The highest BCUT2D eigenvalue weighted by Gasteiger charge is 2.49. The first-order valence-electron chi connectivity index (χ1n) is 13.3. The number of aryl methyl sites for hydroxylation is 1. The van der Waals surface area contributed by atoms with Crippen LogP contribution in [0.1, 0.15) is 27.7 Å². The number of carbonyl (C=O) groups excluding carboxylic acids is 2. The summed E-state index contributed by atoms with van der Waals surface area (Å²) in [7, 11) is 3.46. The Kier molecular flexibility index (Phi) is 5.56. The lowest BCUT2D eigenvalue weighted by Crippen LogP contribution is -2.66. The van der Waals surface area contributed by atoms with E-state index in [4.69, 9.17) is 9.26 Å². The summed E-state index contributed by atoms with van der Waals surface area (Å²) < 4.78 is 12.6. The minimum absolute atomic E-state index is 0.0131. The van der Waals surface area contributed by atoms with E-state index in [1.54, 1.807) is 34.6 Å². The van der Waals surface area contributed by atoms with Crippen LogP contribution in [0.3, 0.4) is 0 Å². The van der Waals surface area contributed by atoms with E-state index < -0.39 is 0 Å². The van der Waals surface area contributed by atoms with Crippen molar-refractivity contribution in [2.45, 2.75) is 12.8 Å². The van der Waals surface area contributed by atoms with E-state index in [-0.39, 0.29) is 17.9 Å². The first-order valence-corrected chi connectivity index (χ1v) is 13.3. The number of hydrogen-bond acceptors (Lipinski definition) is 8. The van der Waals surface area contributed by atoms with Crippen molar-refractivity contribution in [1.82, 2.24) is 29.6 Å². The highest BCUT2D eigenvalue weighted by atomic mass is 16.5. The molecule has 3 saturated heterocycles. The fourth-order valence-electron chi connectivity index (χ4n) is 5.54. The van der Waals surface area contributed by atoms with Crippen LogP contribution >= 0.6 is 0 Å². The number of amides is 3. The Labute approximate surface area is 230 Å². The van der Waals surface area contributed by atoms with E-state index in [0.29, 0.717) is 41.5 Å².